The summed E-state index contributed by atoms with van der Waals surface area (Å²) >= 11 is 0. The molecule has 98 valence electrons. The Balaban J connectivity index is 2.36. The van der Waals surface area contributed by atoms with E-state index in [4.69, 9.17) is 0 Å². The molecule has 0 N–H and O–H groups in total. The van der Waals surface area contributed by atoms with Crippen LogP contribution >= 0.6 is 0 Å². The minimum absolute atomic E-state index is 0.141. The molecule has 3 heteroatoms. The number of aryl methyl sites for hydroxylation is 2. The number of halogens is 1. The number of hydrogen-bond donors (Lipinski definition) is 0. The van der Waals surface area contributed by atoms with Crippen LogP contribution in [0.3, 0.4) is 0 Å². The second-order valence-corrected chi connectivity index (χ2v) is 4.61. The molecule has 0 atom stereocenters. The van der Waals surface area contributed by atoms with Crippen molar-refractivity contribution < 1.29 is 9.18 Å². The molecule has 0 saturated carbocycles. The molecule has 0 aliphatic carbocycles. The second kappa shape index (κ2) is 5.22. The van der Waals surface area contributed by atoms with E-state index in [1.54, 1.807) is 11.9 Å². The van der Waals surface area contributed by atoms with E-state index >= 15 is 0 Å². The zero-order chi connectivity index (χ0) is 14.0. The largest absolute Gasteiger partial charge is 0.311 e. The Hall–Kier alpha value is -2.16. The molecule has 1 amide bonds. The van der Waals surface area contributed by atoms with E-state index in [0.29, 0.717) is 5.56 Å². The van der Waals surface area contributed by atoms with E-state index in [9.17, 15) is 9.18 Å². The van der Waals surface area contributed by atoms with Crippen LogP contribution in [0.15, 0.2) is 42.5 Å². The third kappa shape index (κ3) is 2.65. The second-order valence-electron chi connectivity index (χ2n) is 4.61. The Morgan fingerprint density at radius 3 is 2.05 bits per heavy atom. The smallest absolute Gasteiger partial charge is 0.258 e. The molecule has 0 bridgehead atoms. The normalized spacial score (nSPS) is 10.3. The maximum atomic E-state index is 12.9. The summed E-state index contributed by atoms with van der Waals surface area (Å²) in [7, 11) is 1.74. The fraction of sp³-hybridized carbons (Fsp3) is 0.188. The quantitative estimate of drug-likeness (QED) is 0.803. The maximum Gasteiger partial charge on any atom is 0.258 e. The van der Waals surface area contributed by atoms with E-state index in [-0.39, 0.29) is 11.7 Å². The van der Waals surface area contributed by atoms with Crippen molar-refractivity contribution in [3.8, 4) is 0 Å². The van der Waals surface area contributed by atoms with Crippen molar-refractivity contribution in [2.24, 2.45) is 0 Å². The molecule has 0 unspecified atom stereocenters. The Morgan fingerprint density at radius 2 is 1.53 bits per heavy atom. The van der Waals surface area contributed by atoms with Crippen molar-refractivity contribution in [1.82, 2.24) is 0 Å². The van der Waals surface area contributed by atoms with Crippen LogP contribution in [0.1, 0.15) is 21.5 Å². The number of anilines is 1. The number of para-hydroxylation sites is 1. The lowest BCUT2D eigenvalue weighted by Gasteiger charge is -2.21. The van der Waals surface area contributed by atoms with Gasteiger partial charge in [0.25, 0.3) is 5.91 Å². The molecule has 0 aliphatic rings. The molecule has 0 saturated heterocycles. The van der Waals surface area contributed by atoms with Crippen LogP contribution in [-0.2, 0) is 0 Å². The number of hydrogen-bond acceptors (Lipinski definition) is 1. The van der Waals surface area contributed by atoms with Crippen molar-refractivity contribution in [1.29, 1.82) is 0 Å². The van der Waals surface area contributed by atoms with E-state index in [2.05, 4.69) is 0 Å². The summed E-state index contributed by atoms with van der Waals surface area (Å²) in [4.78, 5) is 14.0. The maximum absolute atomic E-state index is 12.9. The van der Waals surface area contributed by atoms with Crippen LogP contribution < -0.4 is 4.90 Å². The van der Waals surface area contributed by atoms with Crippen LogP contribution in [0.2, 0.25) is 0 Å². The standard InChI is InChI=1S/C16H16FNO/c1-11-5-4-6-12(2)15(11)18(3)16(19)13-7-9-14(17)10-8-13/h4-10H,1-3H3. The van der Waals surface area contributed by atoms with E-state index in [1.165, 1.54) is 24.3 Å². The van der Waals surface area contributed by atoms with Gasteiger partial charge in [-0.05, 0) is 49.2 Å². The predicted molar refractivity (Wildman–Crippen MR) is 75.0 cm³/mol. The monoisotopic (exact) mass is 257 g/mol. The van der Waals surface area contributed by atoms with Gasteiger partial charge in [-0.15, -0.1) is 0 Å². The first-order valence-electron chi connectivity index (χ1n) is 6.10. The summed E-state index contributed by atoms with van der Waals surface area (Å²) in [6.45, 7) is 3.94. The minimum Gasteiger partial charge on any atom is -0.311 e. The SMILES string of the molecule is Cc1cccc(C)c1N(C)C(=O)c1ccc(F)cc1. The molecule has 2 rings (SSSR count). The van der Waals surface area contributed by atoms with Gasteiger partial charge in [-0.25, -0.2) is 4.39 Å². The van der Waals surface area contributed by atoms with Gasteiger partial charge in [-0.3, -0.25) is 4.79 Å². The van der Waals surface area contributed by atoms with Gasteiger partial charge < -0.3 is 4.90 Å². The number of rotatable bonds is 2. The molecule has 0 aromatic heterocycles. The van der Waals surface area contributed by atoms with E-state index < -0.39 is 0 Å². The van der Waals surface area contributed by atoms with Crippen LogP contribution in [0.25, 0.3) is 0 Å². The first-order chi connectivity index (χ1) is 9.00. The summed E-state index contributed by atoms with van der Waals surface area (Å²) in [5.41, 5.74) is 3.46. The number of nitrogens with zero attached hydrogens (tertiary/aromatic N) is 1. The highest BCUT2D eigenvalue weighted by Crippen LogP contribution is 2.24. The van der Waals surface area contributed by atoms with Crippen LogP contribution in [0.4, 0.5) is 10.1 Å². The average molecular weight is 257 g/mol. The topological polar surface area (TPSA) is 20.3 Å². The van der Waals surface area contributed by atoms with Crippen molar-refractivity contribution in [3.63, 3.8) is 0 Å². The van der Waals surface area contributed by atoms with Crippen molar-refractivity contribution in [3.05, 3.63) is 65.0 Å². The Bertz CT molecular complexity index is 584. The first-order valence-corrected chi connectivity index (χ1v) is 6.10. The summed E-state index contributed by atoms with van der Waals surface area (Å²) in [6.07, 6.45) is 0. The molecule has 2 aromatic carbocycles. The van der Waals surface area contributed by atoms with Gasteiger partial charge >= 0.3 is 0 Å². The fourth-order valence-electron chi connectivity index (χ4n) is 2.22. The molecular weight excluding hydrogens is 241 g/mol. The predicted octanol–water partition coefficient (Wildman–Crippen LogP) is 3.72. The molecule has 0 spiro atoms. The van der Waals surface area contributed by atoms with Crippen molar-refractivity contribution in [2.75, 3.05) is 11.9 Å². The highest BCUT2D eigenvalue weighted by molar-refractivity contribution is 6.06. The Kier molecular flexibility index (Phi) is 3.65. The van der Waals surface area contributed by atoms with Crippen molar-refractivity contribution in [2.45, 2.75) is 13.8 Å². The zero-order valence-corrected chi connectivity index (χ0v) is 11.3. The summed E-state index contributed by atoms with van der Waals surface area (Å²) < 4.78 is 12.9. The fourth-order valence-corrected chi connectivity index (χ4v) is 2.22. The summed E-state index contributed by atoms with van der Waals surface area (Å²) in [6, 6.07) is 11.5. The molecule has 0 aliphatic heterocycles. The molecule has 2 aromatic rings. The average Bonchev–Trinajstić information content (AvgIpc) is 2.38. The first kappa shape index (κ1) is 13.3. The summed E-state index contributed by atoms with van der Waals surface area (Å²) in [5, 5.41) is 0. The number of carbonyl (C=O) groups is 1. The van der Waals surface area contributed by atoms with Crippen LogP contribution in [0.5, 0.6) is 0 Å². The number of amides is 1. The van der Waals surface area contributed by atoms with Gasteiger partial charge in [0, 0.05) is 18.3 Å². The number of benzene rings is 2. The molecule has 2 nitrogen and oxygen atoms in total. The van der Waals surface area contributed by atoms with Crippen LogP contribution in [0, 0.1) is 19.7 Å². The molecule has 19 heavy (non-hydrogen) atoms. The Morgan fingerprint density at radius 1 is 1.00 bits per heavy atom. The van der Waals surface area contributed by atoms with Gasteiger partial charge in [0.15, 0.2) is 0 Å². The molecule has 0 fully saturated rings. The summed E-state index contributed by atoms with van der Waals surface area (Å²) in [5.74, 6) is -0.483. The minimum atomic E-state index is -0.341. The van der Waals surface area contributed by atoms with Gasteiger partial charge in [0.2, 0.25) is 0 Å². The molecular formula is C16H16FNO. The van der Waals surface area contributed by atoms with Gasteiger partial charge in [-0.1, -0.05) is 18.2 Å². The van der Waals surface area contributed by atoms with Gasteiger partial charge in [-0.2, -0.15) is 0 Å². The lowest BCUT2D eigenvalue weighted by molar-refractivity contribution is 0.0992. The molecule has 0 heterocycles. The third-order valence-corrected chi connectivity index (χ3v) is 3.17. The van der Waals surface area contributed by atoms with Crippen molar-refractivity contribution >= 4 is 11.6 Å². The highest BCUT2D eigenvalue weighted by atomic mass is 19.1. The Labute approximate surface area is 112 Å². The van der Waals surface area contributed by atoms with Crippen LogP contribution in [-0.4, -0.2) is 13.0 Å². The lowest BCUT2D eigenvalue weighted by atomic mass is 10.1. The van der Waals surface area contributed by atoms with Gasteiger partial charge in [0.05, 0.1) is 0 Å². The number of carbonyl (C=O) groups excluding carboxylic acids is 1. The van der Waals surface area contributed by atoms with E-state index in [0.717, 1.165) is 16.8 Å². The highest BCUT2D eigenvalue weighted by Gasteiger charge is 2.16. The zero-order valence-electron chi connectivity index (χ0n) is 11.3. The lowest BCUT2D eigenvalue weighted by Crippen LogP contribution is -2.27. The molecule has 0 radical (unpaired) electrons. The van der Waals surface area contributed by atoms with E-state index in [1.807, 2.05) is 32.0 Å². The third-order valence-electron chi connectivity index (χ3n) is 3.17. The van der Waals surface area contributed by atoms with Gasteiger partial charge in [0.1, 0.15) is 5.82 Å².